The summed E-state index contributed by atoms with van der Waals surface area (Å²) < 4.78 is 6.10. The van der Waals surface area contributed by atoms with Crippen molar-refractivity contribution in [1.29, 1.82) is 0 Å². The zero-order valence-electron chi connectivity index (χ0n) is 9.98. The fourth-order valence-electron chi connectivity index (χ4n) is 1.68. The molecule has 0 bridgehead atoms. The number of methoxy groups -OCH3 is 1. The van der Waals surface area contributed by atoms with E-state index in [2.05, 4.69) is 5.32 Å². The molecule has 0 aliphatic heterocycles. The highest BCUT2D eigenvalue weighted by molar-refractivity contribution is 7.20. The first-order chi connectivity index (χ1) is 8.74. The molecule has 1 aromatic heterocycles. The summed E-state index contributed by atoms with van der Waals surface area (Å²) in [5.74, 6) is 0.240. The van der Waals surface area contributed by atoms with Crippen molar-refractivity contribution in [2.24, 2.45) is 0 Å². The summed E-state index contributed by atoms with van der Waals surface area (Å²) in [4.78, 5) is 12.7. The lowest BCUT2D eigenvalue weighted by molar-refractivity contribution is 0.0911. The Balaban J connectivity index is 2.13. The minimum absolute atomic E-state index is 0.0982. The second kappa shape index (κ2) is 6.18. The van der Waals surface area contributed by atoms with Gasteiger partial charge in [0.2, 0.25) is 0 Å². The molecule has 2 aromatic rings. The third kappa shape index (κ3) is 3.02. The third-order valence-corrected chi connectivity index (χ3v) is 4.03. The average molecular weight is 284 g/mol. The van der Waals surface area contributed by atoms with Crippen molar-refractivity contribution < 1.29 is 9.53 Å². The number of carbonyl (C=O) groups excluding carboxylic acids is 1. The van der Waals surface area contributed by atoms with Crippen molar-refractivity contribution >= 4 is 38.9 Å². The maximum absolute atomic E-state index is 12.0. The molecule has 1 N–H and O–H groups in total. The number of fused-ring (bicyclic) bond motifs is 1. The van der Waals surface area contributed by atoms with Gasteiger partial charge in [-0.05, 0) is 17.5 Å². The zero-order valence-corrected chi connectivity index (χ0v) is 11.6. The van der Waals surface area contributed by atoms with Crippen LogP contribution in [0.5, 0.6) is 0 Å². The minimum Gasteiger partial charge on any atom is -0.383 e. The Morgan fingerprint density at radius 3 is 2.94 bits per heavy atom. The highest BCUT2D eigenvalue weighted by Gasteiger charge is 2.14. The summed E-state index contributed by atoms with van der Waals surface area (Å²) in [7, 11) is 1.59. The molecule has 1 heterocycles. The molecular weight excluding hydrogens is 270 g/mol. The van der Waals surface area contributed by atoms with Crippen LogP contribution in [0.3, 0.4) is 0 Å². The van der Waals surface area contributed by atoms with Crippen LogP contribution in [0.2, 0.25) is 0 Å². The molecular formula is C13H14ClNO2S. The molecule has 0 aliphatic rings. The molecule has 1 aromatic carbocycles. The summed E-state index contributed by atoms with van der Waals surface area (Å²) in [6.07, 6.45) is 0. The molecule has 2 rings (SSSR count). The number of carbonyl (C=O) groups is 1. The Labute approximate surface area is 115 Å². The molecule has 0 fully saturated rings. The molecule has 3 nitrogen and oxygen atoms in total. The van der Waals surface area contributed by atoms with E-state index in [0.717, 1.165) is 10.1 Å². The largest absolute Gasteiger partial charge is 0.383 e. The maximum atomic E-state index is 12.0. The van der Waals surface area contributed by atoms with Gasteiger partial charge in [-0.25, -0.2) is 0 Å². The van der Waals surface area contributed by atoms with Gasteiger partial charge in [-0.2, -0.15) is 0 Å². The average Bonchev–Trinajstić information content (AvgIpc) is 2.82. The molecule has 0 saturated carbocycles. The molecule has 0 spiro atoms. The lowest BCUT2D eigenvalue weighted by Crippen LogP contribution is -2.39. The fourth-order valence-corrected chi connectivity index (χ4v) is 2.81. The predicted molar refractivity (Wildman–Crippen MR) is 75.7 cm³/mol. The molecule has 96 valence electrons. The normalized spacial score (nSPS) is 12.6. The fraction of sp³-hybridized carbons (Fsp3) is 0.308. The second-order valence-electron chi connectivity index (χ2n) is 3.93. The van der Waals surface area contributed by atoms with Crippen LogP contribution in [0.1, 0.15) is 9.67 Å². The number of hydrogen-bond acceptors (Lipinski definition) is 3. The van der Waals surface area contributed by atoms with E-state index in [1.54, 1.807) is 7.11 Å². The van der Waals surface area contributed by atoms with Crippen molar-refractivity contribution in [1.82, 2.24) is 5.32 Å². The molecule has 1 amide bonds. The van der Waals surface area contributed by atoms with E-state index >= 15 is 0 Å². The number of benzene rings is 1. The number of hydrogen-bond donors (Lipinski definition) is 1. The second-order valence-corrected chi connectivity index (χ2v) is 5.32. The van der Waals surface area contributed by atoms with Crippen molar-refractivity contribution in [3.05, 3.63) is 35.2 Å². The Morgan fingerprint density at radius 1 is 1.50 bits per heavy atom. The van der Waals surface area contributed by atoms with E-state index in [1.165, 1.54) is 11.3 Å². The van der Waals surface area contributed by atoms with Gasteiger partial charge < -0.3 is 10.1 Å². The first-order valence-electron chi connectivity index (χ1n) is 5.59. The first kappa shape index (κ1) is 13.3. The van der Waals surface area contributed by atoms with Gasteiger partial charge in [0.05, 0.1) is 17.5 Å². The standard InChI is InChI=1S/C13H14ClNO2S/c1-17-8-10(7-14)15-13(16)12-6-9-4-2-3-5-11(9)18-12/h2-6,10H,7-8H2,1H3,(H,15,16). The SMILES string of the molecule is COCC(CCl)NC(=O)c1cc2ccccc2s1. The monoisotopic (exact) mass is 283 g/mol. The lowest BCUT2D eigenvalue weighted by atomic mass is 10.2. The van der Waals surface area contributed by atoms with Crippen LogP contribution in [0, 0.1) is 0 Å². The van der Waals surface area contributed by atoms with Crippen LogP contribution < -0.4 is 5.32 Å². The number of thiophene rings is 1. The van der Waals surface area contributed by atoms with Gasteiger partial charge in [0.25, 0.3) is 5.91 Å². The smallest absolute Gasteiger partial charge is 0.261 e. The van der Waals surface area contributed by atoms with Crippen LogP contribution in [0.25, 0.3) is 10.1 Å². The van der Waals surface area contributed by atoms with Gasteiger partial charge in [-0.3, -0.25) is 4.79 Å². The number of nitrogens with one attached hydrogen (secondary N) is 1. The first-order valence-corrected chi connectivity index (χ1v) is 6.94. The van der Waals surface area contributed by atoms with Crippen molar-refractivity contribution in [2.45, 2.75) is 6.04 Å². The molecule has 0 aliphatic carbocycles. The number of halogens is 1. The number of ether oxygens (including phenoxy) is 1. The number of rotatable bonds is 5. The van der Waals surface area contributed by atoms with E-state index in [4.69, 9.17) is 16.3 Å². The molecule has 1 atom stereocenters. The lowest BCUT2D eigenvalue weighted by Gasteiger charge is -2.13. The van der Waals surface area contributed by atoms with Gasteiger partial charge in [-0.1, -0.05) is 18.2 Å². The highest BCUT2D eigenvalue weighted by Crippen LogP contribution is 2.25. The van der Waals surface area contributed by atoms with E-state index < -0.39 is 0 Å². The van der Waals surface area contributed by atoms with Crippen molar-refractivity contribution in [3.8, 4) is 0 Å². The van der Waals surface area contributed by atoms with E-state index in [1.807, 2.05) is 30.3 Å². The maximum Gasteiger partial charge on any atom is 0.261 e. The van der Waals surface area contributed by atoms with Crippen LogP contribution in [-0.4, -0.2) is 31.5 Å². The van der Waals surface area contributed by atoms with Gasteiger partial charge in [0, 0.05) is 17.7 Å². The van der Waals surface area contributed by atoms with Gasteiger partial charge >= 0.3 is 0 Å². The van der Waals surface area contributed by atoms with E-state index in [0.29, 0.717) is 17.4 Å². The van der Waals surface area contributed by atoms with E-state index in [9.17, 15) is 4.79 Å². The Hall–Kier alpha value is -1.10. The van der Waals surface area contributed by atoms with Gasteiger partial charge in [0.15, 0.2) is 0 Å². The number of amides is 1. The Kier molecular flexibility index (Phi) is 4.58. The third-order valence-electron chi connectivity index (χ3n) is 2.54. The zero-order chi connectivity index (χ0) is 13.0. The van der Waals surface area contributed by atoms with Crippen LogP contribution >= 0.6 is 22.9 Å². The minimum atomic E-state index is -0.158. The predicted octanol–water partition coefficient (Wildman–Crippen LogP) is 2.88. The summed E-state index contributed by atoms with van der Waals surface area (Å²) in [6, 6.07) is 9.67. The molecule has 1 unspecified atom stereocenters. The Bertz CT molecular complexity index is 508. The van der Waals surface area contributed by atoms with Crippen molar-refractivity contribution in [2.75, 3.05) is 19.6 Å². The summed E-state index contributed by atoms with van der Waals surface area (Å²) in [5.41, 5.74) is 0. The number of alkyl halides is 1. The molecule has 5 heteroatoms. The summed E-state index contributed by atoms with van der Waals surface area (Å²) in [5, 5.41) is 3.94. The van der Waals surface area contributed by atoms with Gasteiger partial charge in [-0.15, -0.1) is 22.9 Å². The summed E-state index contributed by atoms with van der Waals surface area (Å²) >= 11 is 7.25. The quantitative estimate of drug-likeness (QED) is 0.857. The van der Waals surface area contributed by atoms with Crippen LogP contribution in [0.15, 0.2) is 30.3 Å². The molecule has 0 saturated heterocycles. The molecule has 18 heavy (non-hydrogen) atoms. The molecule has 0 radical (unpaired) electrons. The topological polar surface area (TPSA) is 38.3 Å². The highest BCUT2D eigenvalue weighted by atomic mass is 35.5. The Morgan fingerprint density at radius 2 is 2.28 bits per heavy atom. The van der Waals surface area contributed by atoms with Crippen LogP contribution in [-0.2, 0) is 4.74 Å². The van der Waals surface area contributed by atoms with Crippen LogP contribution in [0.4, 0.5) is 0 Å². The summed E-state index contributed by atoms with van der Waals surface area (Å²) in [6.45, 7) is 0.417. The van der Waals surface area contributed by atoms with E-state index in [-0.39, 0.29) is 11.9 Å². The van der Waals surface area contributed by atoms with Crippen molar-refractivity contribution in [3.63, 3.8) is 0 Å². The van der Waals surface area contributed by atoms with Gasteiger partial charge in [0.1, 0.15) is 0 Å².